The second kappa shape index (κ2) is 6.57. The number of carboxylic acids is 1. The van der Waals surface area contributed by atoms with E-state index in [0.717, 1.165) is 0 Å². The third-order valence-corrected chi connectivity index (χ3v) is 6.66. The highest BCUT2D eigenvalue weighted by atomic mass is 32.2. The molecule has 0 aliphatic carbocycles. The van der Waals surface area contributed by atoms with E-state index in [-0.39, 0.29) is 30.3 Å². The van der Waals surface area contributed by atoms with E-state index in [1.54, 1.807) is 32.0 Å². The van der Waals surface area contributed by atoms with Crippen molar-refractivity contribution in [1.29, 1.82) is 0 Å². The molecule has 23 heavy (non-hydrogen) atoms. The minimum Gasteiger partial charge on any atom is -0.481 e. The SMILES string of the molecule is CC1(C)C(c2ccccc2F)CCN1S(=O)(=O)CCCC(=O)O. The van der Waals surface area contributed by atoms with Crippen LogP contribution in [0.3, 0.4) is 0 Å². The van der Waals surface area contributed by atoms with Crippen molar-refractivity contribution in [2.24, 2.45) is 0 Å². The Labute approximate surface area is 136 Å². The Kier molecular flexibility index (Phi) is 5.10. The molecule has 0 saturated carbocycles. The summed E-state index contributed by atoms with van der Waals surface area (Å²) in [6, 6.07) is 6.44. The number of nitrogens with zero attached hydrogens (tertiary/aromatic N) is 1. The second-order valence-corrected chi connectivity index (χ2v) is 8.41. The maximum Gasteiger partial charge on any atom is 0.303 e. The highest BCUT2D eigenvalue weighted by Gasteiger charge is 2.48. The maximum atomic E-state index is 14.1. The molecule has 7 heteroatoms. The highest BCUT2D eigenvalue weighted by Crippen LogP contribution is 2.44. The van der Waals surface area contributed by atoms with Gasteiger partial charge in [-0.15, -0.1) is 0 Å². The predicted octanol–water partition coefficient (Wildman–Crippen LogP) is 2.59. The smallest absolute Gasteiger partial charge is 0.303 e. The Morgan fingerprint density at radius 3 is 2.65 bits per heavy atom. The first kappa shape index (κ1) is 17.9. The Hall–Kier alpha value is -1.47. The van der Waals surface area contributed by atoms with E-state index in [9.17, 15) is 17.6 Å². The molecule has 1 heterocycles. The van der Waals surface area contributed by atoms with Crippen LogP contribution in [0, 0.1) is 5.82 Å². The summed E-state index contributed by atoms with van der Waals surface area (Å²) < 4.78 is 40.5. The third-order valence-electron chi connectivity index (χ3n) is 4.53. The fourth-order valence-corrected chi connectivity index (χ4v) is 5.33. The molecule has 0 amide bonds. The molecule has 1 aromatic rings. The van der Waals surface area contributed by atoms with Crippen molar-refractivity contribution in [3.63, 3.8) is 0 Å². The molecular formula is C16H22FNO4S. The lowest BCUT2D eigenvalue weighted by Crippen LogP contribution is -2.46. The molecule has 5 nitrogen and oxygen atoms in total. The van der Waals surface area contributed by atoms with Crippen molar-refractivity contribution in [2.45, 2.75) is 44.6 Å². The molecule has 1 atom stereocenters. The molecule has 1 unspecified atom stereocenters. The van der Waals surface area contributed by atoms with Crippen molar-refractivity contribution in [3.05, 3.63) is 35.6 Å². The van der Waals surface area contributed by atoms with Gasteiger partial charge in [-0.05, 0) is 38.3 Å². The van der Waals surface area contributed by atoms with Gasteiger partial charge in [-0.2, -0.15) is 4.31 Å². The number of halogens is 1. The Balaban J connectivity index is 2.20. The van der Waals surface area contributed by atoms with Gasteiger partial charge in [-0.3, -0.25) is 4.79 Å². The predicted molar refractivity (Wildman–Crippen MR) is 85.2 cm³/mol. The zero-order chi connectivity index (χ0) is 17.3. The number of hydrogen-bond donors (Lipinski definition) is 1. The monoisotopic (exact) mass is 343 g/mol. The molecule has 2 rings (SSSR count). The lowest BCUT2D eigenvalue weighted by atomic mass is 9.83. The minimum absolute atomic E-state index is 0.0780. The van der Waals surface area contributed by atoms with Crippen molar-refractivity contribution in [3.8, 4) is 0 Å². The molecule has 1 aromatic carbocycles. The summed E-state index contributed by atoms with van der Waals surface area (Å²) in [6.45, 7) is 3.92. The number of carboxylic acid groups (broad SMARTS) is 1. The first-order valence-corrected chi connectivity index (χ1v) is 9.24. The molecule has 1 aliphatic heterocycles. The van der Waals surface area contributed by atoms with Gasteiger partial charge in [0.25, 0.3) is 0 Å². The van der Waals surface area contributed by atoms with E-state index < -0.39 is 21.5 Å². The van der Waals surface area contributed by atoms with Crippen LogP contribution in [-0.4, -0.2) is 41.6 Å². The lowest BCUT2D eigenvalue weighted by Gasteiger charge is -2.35. The summed E-state index contributed by atoms with van der Waals surface area (Å²) in [7, 11) is -3.57. The van der Waals surface area contributed by atoms with E-state index in [4.69, 9.17) is 5.11 Å². The van der Waals surface area contributed by atoms with Crippen molar-refractivity contribution >= 4 is 16.0 Å². The molecule has 1 fully saturated rings. The van der Waals surface area contributed by atoms with Gasteiger partial charge in [0.2, 0.25) is 10.0 Å². The zero-order valence-corrected chi connectivity index (χ0v) is 14.1. The normalized spacial score (nSPS) is 21.4. The molecule has 1 N–H and O–H groups in total. The van der Waals surface area contributed by atoms with E-state index >= 15 is 0 Å². The van der Waals surface area contributed by atoms with Crippen LogP contribution in [-0.2, 0) is 14.8 Å². The average Bonchev–Trinajstić information content (AvgIpc) is 2.74. The summed E-state index contributed by atoms with van der Waals surface area (Å²) >= 11 is 0. The quantitative estimate of drug-likeness (QED) is 0.861. The highest BCUT2D eigenvalue weighted by molar-refractivity contribution is 7.89. The molecule has 128 valence electrons. The molecule has 1 saturated heterocycles. The maximum absolute atomic E-state index is 14.1. The molecule has 0 radical (unpaired) electrons. The van der Waals surface area contributed by atoms with Gasteiger partial charge in [0.1, 0.15) is 5.82 Å². The van der Waals surface area contributed by atoms with Crippen LogP contribution >= 0.6 is 0 Å². The number of carbonyl (C=O) groups is 1. The van der Waals surface area contributed by atoms with E-state index in [1.807, 2.05) is 0 Å². The summed E-state index contributed by atoms with van der Waals surface area (Å²) in [4.78, 5) is 10.6. The van der Waals surface area contributed by atoms with Crippen LogP contribution in [0.5, 0.6) is 0 Å². The number of hydrogen-bond acceptors (Lipinski definition) is 3. The second-order valence-electron chi connectivity index (χ2n) is 6.40. The molecule has 0 bridgehead atoms. The molecule has 1 aliphatic rings. The van der Waals surface area contributed by atoms with Crippen LogP contribution < -0.4 is 0 Å². The molecule has 0 spiro atoms. The van der Waals surface area contributed by atoms with Crippen LogP contribution in [0.1, 0.15) is 44.6 Å². The Morgan fingerprint density at radius 2 is 2.04 bits per heavy atom. The summed E-state index contributed by atoms with van der Waals surface area (Å²) in [5.41, 5.74) is -0.217. The summed E-state index contributed by atoms with van der Waals surface area (Å²) in [5.74, 6) is -1.76. The number of benzene rings is 1. The Morgan fingerprint density at radius 1 is 1.39 bits per heavy atom. The molecular weight excluding hydrogens is 321 g/mol. The standard InChI is InChI=1S/C16H22FNO4S/c1-16(2)13(12-6-3-4-7-14(12)17)9-10-18(16)23(21,22)11-5-8-15(19)20/h3-4,6-7,13H,5,8-11H2,1-2H3,(H,19,20). The van der Waals surface area contributed by atoms with Crippen LogP contribution in [0.4, 0.5) is 4.39 Å². The zero-order valence-electron chi connectivity index (χ0n) is 13.3. The van der Waals surface area contributed by atoms with E-state index in [2.05, 4.69) is 0 Å². The van der Waals surface area contributed by atoms with Crippen molar-refractivity contribution in [1.82, 2.24) is 4.31 Å². The largest absolute Gasteiger partial charge is 0.481 e. The van der Waals surface area contributed by atoms with Gasteiger partial charge in [0.15, 0.2) is 0 Å². The van der Waals surface area contributed by atoms with Gasteiger partial charge in [0.05, 0.1) is 5.75 Å². The van der Waals surface area contributed by atoms with Crippen LogP contribution in [0.15, 0.2) is 24.3 Å². The van der Waals surface area contributed by atoms with Gasteiger partial charge in [-0.25, -0.2) is 12.8 Å². The van der Waals surface area contributed by atoms with E-state index in [0.29, 0.717) is 18.5 Å². The molecule has 0 aromatic heterocycles. The number of sulfonamides is 1. The summed E-state index contributed by atoms with van der Waals surface area (Å²) in [6.07, 6.45) is 0.449. The van der Waals surface area contributed by atoms with Crippen molar-refractivity contribution < 1.29 is 22.7 Å². The van der Waals surface area contributed by atoms with Gasteiger partial charge in [-0.1, -0.05) is 18.2 Å². The first-order valence-electron chi connectivity index (χ1n) is 7.63. The fraction of sp³-hybridized carbons (Fsp3) is 0.562. The van der Waals surface area contributed by atoms with Crippen molar-refractivity contribution in [2.75, 3.05) is 12.3 Å². The van der Waals surface area contributed by atoms with Gasteiger partial charge < -0.3 is 5.11 Å². The van der Waals surface area contributed by atoms with Gasteiger partial charge in [0, 0.05) is 24.4 Å². The first-order chi connectivity index (χ1) is 10.7. The van der Waals surface area contributed by atoms with Gasteiger partial charge >= 0.3 is 5.97 Å². The summed E-state index contributed by atoms with van der Waals surface area (Å²) in [5, 5.41) is 8.65. The topological polar surface area (TPSA) is 74.7 Å². The van der Waals surface area contributed by atoms with Crippen LogP contribution in [0.2, 0.25) is 0 Å². The van der Waals surface area contributed by atoms with Crippen LogP contribution in [0.25, 0.3) is 0 Å². The lowest BCUT2D eigenvalue weighted by molar-refractivity contribution is -0.137. The third kappa shape index (κ3) is 3.72. The van der Waals surface area contributed by atoms with E-state index in [1.165, 1.54) is 10.4 Å². The Bertz CT molecular complexity index is 687. The average molecular weight is 343 g/mol. The minimum atomic E-state index is -3.57. The number of aliphatic carboxylic acids is 1. The fourth-order valence-electron chi connectivity index (χ4n) is 3.37. The number of rotatable bonds is 6.